The van der Waals surface area contributed by atoms with Gasteiger partial charge in [0.25, 0.3) is 0 Å². The van der Waals surface area contributed by atoms with Crippen molar-refractivity contribution in [1.82, 2.24) is 9.97 Å². The molecule has 1 aromatic carbocycles. The predicted octanol–water partition coefficient (Wildman–Crippen LogP) is 3.61. The summed E-state index contributed by atoms with van der Waals surface area (Å²) >= 11 is 0. The molecule has 0 radical (unpaired) electrons. The lowest BCUT2D eigenvalue weighted by molar-refractivity contribution is 1.22. The second-order valence-electron chi connectivity index (χ2n) is 4.11. The first-order chi connectivity index (χ1) is 8.33. The molecule has 2 heterocycles. The molecule has 0 atom stereocenters. The van der Waals surface area contributed by atoms with Gasteiger partial charge in [0.2, 0.25) is 0 Å². The van der Waals surface area contributed by atoms with Crippen LogP contribution in [-0.2, 0) is 0 Å². The van der Waals surface area contributed by atoms with Crippen molar-refractivity contribution >= 4 is 10.8 Å². The highest BCUT2D eigenvalue weighted by Gasteiger charge is 2.01. The van der Waals surface area contributed by atoms with E-state index in [1.165, 1.54) is 0 Å². The molecule has 0 fully saturated rings. The molecule has 0 aliphatic heterocycles. The Morgan fingerprint density at radius 1 is 0.824 bits per heavy atom. The van der Waals surface area contributed by atoms with Crippen molar-refractivity contribution in [3.05, 3.63) is 60.6 Å². The lowest BCUT2D eigenvalue weighted by Gasteiger charge is -2.03. The molecule has 0 unspecified atom stereocenters. The van der Waals surface area contributed by atoms with Crippen LogP contribution < -0.4 is 0 Å². The molecular formula is C15H12N2. The third-order valence-electron chi connectivity index (χ3n) is 2.81. The monoisotopic (exact) mass is 220 g/mol. The number of hydrogen-bond acceptors (Lipinski definition) is 2. The molecule has 3 rings (SSSR count). The number of rotatable bonds is 1. The van der Waals surface area contributed by atoms with E-state index < -0.39 is 0 Å². The van der Waals surface area contributed by atoms with Gasteiger partial charge in [0.1, 0.15) is 0 Å². The van der Waals surface area contributed by atoms with Gasteiger partial charge in [0, 0.05) is 34.4 Å². The summed E-state index contributed by atoms with van der Waals surface area (Å²) in [6.45, 7) is 1.99. The number of nitrogens with zero attached hydrogens (tertiary/aromatic N) is 2. The van der Waals surface area contributed by atoms with Crippen LogP contribution in [0.25, 0.3) is 22.0 Å². The summed E-state index contributed by atoms with van der Waals surface area (Å²) in [6, 6.07) is 14.3. The molecule has 2 heteroatoms. The van der Waals surface area contributed by atoms with E-state index in [-0.39, 0.29) is 0 Å². The van der Waals surface area contributed by atoms with E-state index in [4.69, 9.17) is 0 Å². The second-order valence-corrected chi connectivity index (χ2v) is 4.11. The lowest BCUT2D eigenvalue weighted by atomic mass is 10.1. The summed E-state index contributed by atoms with van der Waals surface area (Å²) in [6.07, 6.45) is 3.81. The number of aromatic nitrogens is 2. The lowest BCUT2D eigenvalue weighted by Crippen LogP contribution is -1.86. The Hall–Kier alpha value is -2.22. The molecule has 0 spiro atoms. The Bertz CT molecular complexity index is 660. The fourth-order valence-corrected chi connectivity index (χ4v) is 1.91. The molecule has 3 aromatic rings. The zero-order chi connectivity index (χ0) is 11.7. The van der Waals surface area contributed by atoms with Crippen LogP contribution in [0.15, 0.2) is 54.9 Å². The summed E-state index contributed by atoms with van der Waals surface area (Å²) in [4.78, 5) is 8.80. The Balaban J connectivity index is 2.17. The van der Waals surface area contributed by atoms with E-state index in [0.717, 1.165) is 27.7 Å². The molecule has 0 N–H and O–H groups in total. The van der Waals surface area contributed by atoms with E-state index in [2.05, 4.69) is 34.2 Å². The number of aryl methyl sites for hydroxylation is 1. The highest BCUT2D eigenvalue weighted by Crippen LogP contribution is 2.21. The summed E-state index contributed by atoms with van der Waals surface area (Å²) in [5, 5.41) is 2.27. The second kappa shape index (κ2) is 3.98. The molecular weight excluding hydrogens is 208 g/mol. The van der Waals surface area contributed by atoms with E-state index in [0.29, 0.717) is 0 Å². The minimum absolute atomic E-state index is 0.990. The predicted molar refractivity (Wildman–Crippen MR) is 69.7 cm³/mol. The van der Waals surface area contributed by atoms with Crippen molar-refractivity contribution in [3.8, 4) is 11.3 Å². The van der Waals surface area contributed by atoms with Gasteiger partial charge >= 0.3 is 0 Å². The maximum absolute atomic E-state index is 4.49. The van der Waals surface area contributed by atoms with Gasteiger partial charge in [-0.2, -0.15) is 0 Å². The third-order valence-corrected chi connectivity index (χ3v) is 2.81. The zero-order valence-corrected chi connectivity index (χ0v) is 9.59. The number of hydrogen-bond donors (Lipinski definition) is 0. The minimum Gasteiger partial charge on any atom is -0.261 e. The Labute approximate surface area is 100.0 Å². The van der Waals surface area contributed by atoms with Gasteiger partial charge in [-0.3, -0.25) is 9.97 Å². The van der Waals surface area contributed by atoms with Crippen molar-refractivity contribution in [2.45, 2.75) is 6.92 Å². The zero-order valence-electron chi connectivity index (χ0n) is 9.59. The topological polar surface area (TPSA) is 25.8 Å². The molecule has 82 valence electrons. The van der Waals surface area contributed by atoms with Gasteiger partial charge in [0.15, 0.2) is 0 Å². The number of pyridine rings is 2. The SMILES string of the molecule is Cc1cc2cnc(-c3ccccc3)cc2cn1. The first-order valence-electron chi connectivity index (χ1n) is 5.61. The van der Waals surface area contributed by atoms with Crippen LogP contribution in [-0.4, -0.2) is 9.97 Å². The fraction of sp³-hybridized carbons (Fsp3) is 0.0667. The Morgan fingerprint density at radius 2 is 1.53 bits per heavy atom. The van der Waals surface area contributed by atoms with E-state index in [1.54, 1.807) is 0 Å². The van der Waals surface area contributed by atoms with Gasteiger partial charge in [-0.05, 0) is 19.1 Å². The summed E-state index contributed by atoms with van der Waals surface area (Å²) < 4.78 is 0. The highest BCUT2D eigenvalue weighted by atomic mass is 14.7. The average molecular weight is 220 g/mol. The largest absolute Gasteiger partial charge is 0.261 e. The molecule has 0 aliphatic carbocycles. The van der Waals surface area contributed by atoms with Gasteiger partial charge < -0.3 is 0 Å². The fourth-order valence-electron chi connectivity index (χ4n) is 1.91. The van der Waals surface area contributed by atoms with Crippen LogP contribution in [0.3, 0.4) is 0 Å². The number of fused-ring (bicyclic) bond motifs is 1. The molecule has 17 heavy (non-hydrogen) atoms. The first-order valence-corrected chi connectivity index (χ1v) is 5.61. The van der Waals surface area contributed by atoms with Gasteiger partial charge in [0.05, 0.1) is 5.69 Å². The van der Waals surface area contributed by atoms with E-state index in [9.17, 15) is 0 Å². The molecule has 2 nitrogen and oxygen atoms in total. The molecule has 0 saturated heterocycles. The van der Waals surface area contributed by atoms with Crippen LogP contribution in [0.4, 0.5) is 0 Å². The highest BCUT2D eigenvalue weighted by molar-refractivity contribution is 5.84. The quantitative estimate of drug-likeness (QED) is 0.626. The molecule has 0 amide bonds. The molecule has 0 aliphatic rings. The normalized spacial score (nSPS) is 10.6. The van der Waals surface area contributed by atoms with Crippen LogP contribution in [0.5, 0.6) is 0 Å². The van der Waals surface area contributed by atoms with Crippen LogP contribution in [0.1, 0.15) is 5.69 Å². The van der Waals surface area contributed by atoms with Crippen molar-refractivity contribution in [2.75, 3.05) is 0 Å². The van der Waals surface area contributed by atoms with E-state index >= 15 is 0 Å². The van der Waals surface area contributed by atoms with Gasteiger partial charge in [-0.1, -0.05) is 30.3 Å². The Morgan fingerprint density at radius 3 is 2.35 bits per heavy atom. The van der Waals surface area contributed by atoms with Crippen LogP contribution in [0, 0.1) is 6.92 Å². The smallest absolute Gasteiger partial charge is 0.0708 e. The van der Waals surface area contributed by atoms with Crippen molar-refractivity contribution in [3.63, 3.8) is 0 Å². The maximum Gasteiger partial charge on any atom is 0.0708 e. The molecule has 0 bridgehead atoms. The average Bonchev–Trinajstić information content (AvgIpc) is 2.39. The van der Waals surface area contributed by atoms with Crippen LogP contribution >= 0.6 is 0 Å². The standard InChI is InChI=1S/C15H12N2/c1-11-7-13-10-17-15(8-14(13)9-16-11)12-5-3-2-4-6-12/h2-10H,1H3. The minimum atomic E-state index is 0.990. The van der Waals surface area contributed by atoms with Crippen molar-refractivity contribution in [2.24, 2.45) is 0 Å². The maximum atomic E-state index is 4.49. The number of benzene rings is 1. The third kappa shape index (κ3) is 1.89. The molecule has 2 aromatic heterocycles. The van der Waals surface area contributed by atoms with E-state index in [1.807, 2.05) is 37.5 Å². The van der Waals surface area contributed by atoms with Crippen LogP contribution in [0.2, 0.25) is 0 Å². The first kappa shape index (κ1) is 9.97. The molecule has 0 saturated carbocycles. The Kier molecular flexibility index (Phi) is 2.33. The van der Waals surface area contributed by atoms with Crippen molar-refractivity contribution < 1.29 is 0 Å². The summed E-state index contributed by atoms with van der Waals surface area (Å²) in [5.74, 6) is 0. The summed E-state index contributed by atoms with van der Waals surface area (Å²) in [7, 11) is 0. The van der Waals surface area contributed by atoms with Gasteiger partial charge in [-0.25, -0.2) is 0 Å². The summed E-state index contributed by atoms with van der Waals surface area (Å²) in [5.41, 5.74) is 3.14. The van der Waals surface area contributed by atoms with Crippen molar-refractivity contribution in [1.29, 1.82) is 0 Å². The van der Waals surface area contributed by atoms with Gasteiger partial charge in [-0.15, -0.1) is 0 Å².